The molecule has 1 unspecified atom stereocenters. The zero-order valence-electron chi connectivity index (χ0n) is 17.6. The van der Waals surface area contributed by atoms with Crippen molar-refractivity contribution in [1.29, 1.82) is 5.26 Å². The van der Waals surface area contributed by atoms with Crippen LogP contribution in [0.1, 0.15) is 23.2 Å². The molecule has 0 saturated carbocycles. The predicted octanol–water partition coefficient (Wildman–Crippen LogP) is 3.87. The predicted molar refractivity (Wildman–Crippen MR) is 123 cm³/mol. The first-order valence-electron chi connectivity index (χ1n) is 10.4. The minimum atomic E-state index is -1.03. The van der Waals surface area contributed by atoms with Crippen molar-refractivity contribution in [2.75, 3.05) is 24.7 Å². The summed E-state index contributed by atoms with van der Waals surface area (Å²) in [6.07, 6.45) is 1.53. The van der Waals surface area contributed by atoms with Crippen LogP contribution < -0.4 is 10.3 Å². The summed E-state index contributed by atoms with van der Waals surface area (Å²) in [4.78, 5) is 25.7. The van der Waals surface area contributed by atoms with Crippen molar-refractivity contribution in [2.45, 2.75) is 12.8 Å². The molecule has 1 fully saturated rings. The van der Waals surface area contributed by atoms with Crippen molar-refractivity contribution in [3.8, 4) is 11.8 Å². The summed E-state index contributed by atoms with van der Waals surface area (Å²) >= 11 is 6.10. The molecule has 1 N–H and O–H groups in total. The second kappa shape index (κ2) is 9.86. The third kappa shape index (κ3) is 5.40. The highest BCUT2D eigenvalue weighted by Gasteiger charge is 2.23. The first-order chi connectivity index (χ1) is 15.9. The van der Waals surface area contributed by atoms with Crippen molar-refractivity contribution in [3.63, 3.8) is 0 Å². The van der Waals surface area contributed by atoms with Gasteiger partial charge in [-0.3, -0.25) is 9.69 Å². The van der Waals surface area contributed by atoms with Crippen molar-refractivity contribution in [3.05, 3.63) is 86.8 Å². The molecule has 1 atom stereocenters. The van der Waals surface area contributed by atoms with Crippen LogP contribution in [0.2, 0.25) is 5.02 Å². The van der Waals surface area contributed by atoms with Gasteiger partial charge < -0.3 is 9.84 Å². The van der Waals surface area contributed by atoms with E-state index in [1.54, 1.807) is 36.4 Å². The minimum absolute atomic E-state index is 0.156. The number of carboxylic acid groups (broad SMARTS) is 1. The molecule has 9 heteroatoms. The normalized spacial score (nSPS) is 15.2. The Morgan fingerprint density at radius 2 is 2.15 bits per heavy atom. The van der Waals surface area contributed by atoms with Gasteiger partial charge in [-0.1, -0.05) is 23.7 Å². The summed E-state index contributed by atoms with van der Waals surface area (Å²) in [6, 6.07) is 15.4. The fourth-order valence-electron chi connectivity index (χ4n) is 3.79. The Morgan fingerprint density at radius 3 is 2.88 bits per heavy atom. The van der Waals surface area contributed by atoms with Crippen LogP contribution in [0.15, 0.2) is 59.5 Å². The van der Waals surface area contributed by atoms with Crippen LogP contribution in [0.4, 0.5) is 10.5 Å². The Labute approximate surface area is 195 Å². The van der Waals surface area contributed by atoms with E-state index in [1.165, 1.54) is 21.8 Å². The second-order valence-electron chi connectivity index (χ2n) is 7.85. The molecular weight excluding hydrogens is 444 g/mol. The summed E-state index contributed by atoms with van der Waals surface area (Å²) < 4.78 is 6.87. The van der Waals surface area contributed by atoms with E-state index < -0.39 is 6.09 Å². The molecule has 1 amide bonds. The standard InChI is InChI=1S/C24H21ClN4O4/c25-19-8-18(13-26)10-21(12-19)29-6-4-23(30)22(27-29)11-16-2-1-3-20(9-16)28(24(31)32)14-17-5-7-33-15-17/h1-4,6,8-10,12,17H,5,7,11,14-15H2,(H,31,32). The van der Waals surface area contributed by atoms with Crippen LogP contribution in [0, 0.1) is 17.2 Å². The van der Waals surface area contributed by atoms with Gasteiger partial charge >= 0.3 is 6.09 Å². The van der Waals surface area contributed by atoms with Gasteiger partial charge in [0.1, 0.15) is 5.69 Å². The third-order valence-electron chi connectivity index (χ3n) is 5.45. The Morgan fingerprint density at radius 1 is 1.30 bits per heavy atom. The number of rotatable bonds is 6. The lowest BCUT2D eigenvalue weighted by Gasteiger charge is -2.22. The van der Waals surface area contributed by atoms with E-state index in [-0.39, 0.29) is 17.8 Å². The quantitative estimate of drug-likeness (QED) is 0.593. The molecule has 4 rings (SSSR count). The molecular formula is C24H21ClN4O4. The van der Waals surface area contributed by atoms with Gasteiger partial charge in [0.15, 0.2) is 0 Å². The van der Waals surface area contributed by atoms with E-state index in [0.717, 1.165) is 12.0 Å². The maximum absolute atomic E-state index is 12.5. The van der Waals surface area contributed by atoms with E-state index in [0.29, 0.717) is 47.4 Å². The minimum Gasteiger partial charge on any atom is -0.465 e. The molecule has 0 spiro atoms. The number of halogens is 1. The number of aromatic nitrogens is 2. The number of amides is 1. The lowest BCUT2D eigenvalue weighted by atomic mass is 10.1. The molecule has 8 nitrogen and oxygen atoms in total. The molecule has 3 aromatic rings. The van der Waals surface area contributed by atoms with Crippen LogP contribution >= 0.6 is 11.6 Å². The molecule has 2 heterocycles. The molecule has 1 aliphatic rings. The SMILES string of the molecule is N#Cc1cc(Cl)cc(-n2ccc(=O)c(Cc3cccc(N(CC4CCOC4)C(=O)O)c3)n2)c1. The fourth-order valence-corrected chi connectivity index (χ4v) is 4.02. The highest BCUT2D eigenvalue weighted by atomic mass is 35.5. The third-order valence-corrected chi connectivity index (χ3v) is 5.66. The lowest BCUT2D eigenvalue weighted by Crippen LogP contribution is -2.34. The number of hydrogen-bond donors (Lipinski definition) is 1. The molecule has 0 bridgehead atoms. The topological polar surface area (TPSA) is 108 Å². The van der Waals surface area contributed by atoms with E-state index in [1.807, 2.05) is 12.1 Å². The van der Waals surface area contributed by atoms with Gasteiger partial charge in [0, 0.05) is 48.5 Å². The Kier molecular flexibility index (Phi) is 6.73. The van der Waals surface area contributed by atoms with Gasteiger partial charge in [-0.05, 0) is 42.3 Å². The van der Waals surface area contributed by atoms with Gasteiger partial charge in [-0.2, -0.15) is 10.4 Å². The van der Waals surface area contributed by atoms with Crippen LogP contribution in [0.3, 0.4) is 0 Å². The Hall–Kier alpha value is -3.67. The molecule has 1 aromatic heterocycles. The zero-order valence-corrected chi connectivity index (χ0v) is 18.4. The molecule has 2 aromatic carbocycles. The molecule has 0 aliphatic carbocycles. The summed E-state index contributed by atoms with van der Waals surface area (Å²) in [5.74, 6) is 0.156. The van der Waals surface area contributed by atoms with Gasteiger partial charge in [0.05, 0.1) is 23.9 Å². The number of carbonyl (C=O) groups is 1. The molecule has 0 radical (unpaired) electrons. The Bertz CT molecular complexity index is 1280. The highest BCUT2D eigenvalue weighted by Crippen LogP contribution is 2.22. The van der Waals surface area contributed by atoms with Crippen molar-refractivity contribution in [2.24, 2.45) is 5.92 Å². The molecule has 1 saturated heterocycles. The zero-order chi connectivity index (χ0) is 23.4. The average Bonchev–Trinajstić information content (AvgIpc) is 3.32. The van der Waals surface area contributed by atoms with Gasteiger partial charge in [-0.15, -0.1) is 0 Å². The van der Waals surface area contributed by atoms with Crippen LogP contribution in [0.5, 0.6) is 0 Å². The van der Waals surface area contributed by atoms with Crippen LogP contribution in [-0.4, -0.2) is 40.7 Å². The first-order valence-corrected chi connectivity index (χ1v) is 10.8. The van der Waals surface area contributed by atoms with Gasteiger partial charge in [0.25, 0.3) is 0 Å². The fraction of sp³-hybridized carbons (Fsp3) is 0.250. The van der Waals surface area contributed by atoms with Crippen LogP contribution in [-0.2, 0) is 11.2 Å². The summed E-state index contributed by atoms with van der Waals surface area (Å²) in [6.45, 7) is 1.55. The van der Waals surface area contributed by atoms with Gasteiger partial charge in [0.2, 0.25) is 5.43 Å². The first kappa shape index (κ1) is 22.5. The summed E-state index contributed by atoms with van der Waals surface area (Å²) in [5, 5.41) is 23.7. The highest BCUT2D eigenvalue weighted by molar-refractivity contribution is 6.30. The number of benzene rings is 2. The Balaban J connectivity index is 1.61. The van der Waals surface area contributed by atoms with Gasteiger partial charge in [-0.25, -0.2) is 9.48 Å². The molecule has 168 valence electrons. The smallest absolute Gasteiger partial charge is 0.411 e. The van der Waals surface area contributed by atoms with Crippen molar-refractivity contribution >= 4 is 23.4 Å². The maximum atomic E-state index is 12.5. The van der Waals surface area contributed by atoms with E-state index in [9.17, 15) is 20.0 Å². The van der Waals surface area contributed by atoms with Crippen molar-refractivity contribution in [1.82, 2.24) is 9.78 Å². The maximum Gasteiger partial charge on any atom is 0.411 e. The number of ether oxygens (including phenoxy) is 1. The van der Waals surface area contributed by atoms with E-state index in [2.05, 4.69) is 5.10 Å². The van der Waals surface area contributed by atoms with Crippen molar-refractivity contribution < 1.29 is 14.6 Å². The number of nitriles is 1. The monoisotopic (exact) mass is 464 g/mol. The number of hydrogen-bond acceptors (Lipinski definition) is 5. The number of anilines is 1. The van der Waals surface area contributed by atoms with E-state index >= 15 is 0 Å². The summed E-state index contributed by atoms with van der Waals surface area (Å²) in [5.41, 5.74) is 2.29. The average molecular weight is 465 g/mol. The molecule has 1 aliphatic heterocycles. The lowest BCUT2D eigenvalue weighted by molar-refractivity contribution is 0.183. The largest absolute Gasteiger partial charge is 0.465 e. The number of nitrogens with zero attached hydrogens (tertiary/aromatic N) is 4. The second-order valence-corrected chi connectivity index (χ2v) is 8.29. The summed E-state index contributed by atoms with van der Waals surface area (Å²) in [7, 11) is 0. The van der Waals surface area contributed by atoms with E-state index in [4.69, 9.17) is 16.3 Å². The molecule has 33 heavy (non-hydrogen) atoms. The van der Waals surface area contributed by atoms with Crippen LogP contribution in [0.25, 0.3) is 5.69 Å².